The standard InChI is InChI=1S/C55H54N3O.Pt/c1-35-23-25-36(26-24-35)38-27-28-56-47(32-38)40-29-39(30-41(31-40)53(2,3)4)44-20-16-22-49-50(44)57-52(45-33-42(54(5,6)7)34-46(51(45)59)55(8,9)10)58(49)48-21-15-14-19-43(48)37-17-12-11-13-18-37;/h11-28,30-34,59H,1-10H3;/q-1;/i1D3;. The number of fused-ring (bicyclic) bond motifs is 1. The Morgan fingerprint density at radius 3 is 1.92 bits per heavy atom. The molecule has 2 aromatic heterocycles. The molecule has 306 valence electrons. The number of aromatic nitrogens is 3. The van der Waals surface area contributed by atoms with Crippen LogP contribution in [-0.4, -0.2) is 19.6 Å². The van der Waals surface area contributed by atoms with Crippen molar-refractivity contribution < 1.29 is 30.3 Å². The second-order valence-electron chi connectivity index (χ2n) is 18.7. The van der Waals surface area contributed by atoms with E-state index < -0.39 is 6.85 Å². The van der Waals surface area contributed by atoms with E-state index in [0.717, 1.165) is 78.0 Å². The molecule has 1 N–H and O–H groups in total. The van der Waals surface area contributed by atoms with Gasteiger partial charge < -0.3 is 5.11 Å². The van der Waals surface area contributed by atoms with Crippen molar-refractivity contribution in [2.75, 3.05) is 0 Å². The summed E-state index contributed by atoms with van der Waals surface area (Å²) in [5.74, 6) is 0.874. The van der Waals surface area contributed by atoms with Crippen LogP contribution in [0.2, 0.25) is 0 Å². The molecule has 6 aromatic carbocycles. The van der Waals surface area contributed by atoms with Gasteiger partial charge in [0.15, 0.2) is 0 Å². The number of aryl methyl sites for hydroxylation is 1. The molecule has 0 radical (unpaired) electrons. The van der Waals surface area contributed by atoms with Crippen molar-refractivity contribution in [1.29, 1.82) is 0 Å². The molecule has 60 heavy (non-hydrogen) atoms. The number of nitrogens with zero attached hydrogens (tertiary/aromatic N) is 3. The first kappa shape index (κ1) is 38.6. The number of phenols is 1. The Hall–Kier alpha value is -5.57. The molecular formula is C55H54N3OPt-. The van der Waals surface area contributed by atoms with E-state index in [9.17, 15) is 5.11 Å². The third kappa shape index (κ3) is 8.28. The van der Waals surface area contributed by atoms with E-state index in [-0.39, 0.29) is 43.1 Å². The van der Waals surface area contributed by atoms with E-state index in [2.05, 4.69) is 164 Å². The van der Waals surface area contributed by atoms with Crippen molar-refractivity contribution >= 4 is 11.0 Å². The molecule has 0 saturated carbocycles. The van der Waals surface area contributed by atoms with E-state index in [4.69, 9.17) is 14.1 Å². The Balaban J connectivity index is 0.00000595. The molecule has 0 atom stereocenters. The van der Waals surface area contributed by atoms with Crippen LogP contribution in [0.4, 0.5) is 0 Å². The second-order valence-corrected chi connectivity index (χ2v) is 18.7. The van der Waals surface area contributed by atoms with Crippen molar-refractivity contribution in [3.05, 3.63) is 168 Å². The van der Waals surface area contributed by atoms with Gasteiger partial charge in [-0.2, -0.15) is 0 Å². The van der Waals surface area contributed by atoms with Crippen molar-refractivity contribution in [2.24, 2.45) is 0 Å². The fourth-order valence-electron chi connectivity index (χ4n) is 7.79. The first-order chi connectivity index (χ1) is 29.2. The number of hydrogen-bond donors (Lipinski definition) is 1. The van der Waals surface area contributed by atoms with Gasteiger partial charge >= 0.3 is 0 Å². The van der Waals surface area contributed by atoms with Crippen LogP contribution in [0.1, 0.15) is 88.7 Å². The Labute approximate surface area is 374 Å². The molecule has 0 aliphatic carbocycles. The number of para-hydroxylation sites is 2. The van der Waals surface area contributed by atoms with Crippen molar-refractivity contribution in [3.63, 3.8) is 0 Å². The van der Waals surface area contributed by atoms with Crippen molar-refractivity contribution in [2.45, 2.75) is 85.4 Å². The first-order valence-electron chi connectivity index (χ1n) is 21.9. The summed E-state index contributed by atoms with van der Waals surface area (Å²) in [6, 6.07) is 48.5. The van der Waals surface area contributed by atoms with Crippen LogP contribution >= 0.6 is 0 Å². The van der Waals surface area contributed by atoms with Crippen LogP contribution in [0.15, 0.2) is 140 Å². The van der Waals surface area contributed by atoms with Crippen LogP contribution in [0, 0.1) is 12.9 Å². The van der Waals surface area contributed by atoms with E-state index in [1.807, 2.05) is 30.3 Å². The Kier molecular flexibility index (Phi) is 10.4. The SMILES string of the molecule is [2H]C([2H])([2H])c1ccc(-c2ccnc(-c3[c-]c(-c4cccc5c4nc(-c4cc(C(C)(C)C)cc(C(C)(C)C)c4O)n5-c4ccccc4-c4ccccc4)cc(C(C)(C)C)c3)c2)cc1.[Pt]. The first-order valence-corrected chi connectivity index (χ1v) is 20.4. The maximum absolute atomic E-state index is 12.4. The van der Waals surface area contributed by atoms with Gasteiger partial charge in [-0.15, -0.1) is 29.3 Å². The molecule has 0 saturated heterocycles. The zero-order valence-electron chi connectivity index (χ0n) is 38.9. The van der Waals surface area contributed by atoms with E-state index in [1.165, 1.54) is 0 Å². The molecule has 0 fully saturated rings. The molecule has 0 unspecified atom stereocenters. The number of rotatable bonds is 6. The topological polar surface area (TPSA) is 50.9 Å². The maximum atomic E-state index is 12.4. The molecular weight excluding hydrogens is 914 g/mol. The Morgan fingerprint density at radius 1 is 0.583 bits per heavy atom. The smallest absolute Gasteiger partial charge is 0.148 e. The van der Waals surface area contributed by atoms with Crippen LogP contribution < -0.4 is 0 Å². The predicted molar refractivity (Wildman–Crippen MR) is 247 cm³/mol. The summed E-state index contributed by atoms with van der Waals surface area (Å²) in [6.45, 7) is 17.5. The normalized spacial score (nSPS) is 13.1. The summed E-state index contributed by atoms with van der Waals surface area (Å²) in [4.78, 5) is 10.4. The number of phenolic OH excluding ortho intramolecular Hbond substituents is 1. The molecule has 0 amide bonds. The molecule has 8 rings (SSSR count). The van der Waals surface area contributed by atoms with Crippen LogP contribution in [0.3, 0.4) is 0 Å². The molecule has 5 heteroatoms. The van der Waals surface area contributed by atoms with E-state index >= 15 is 0 Å². The van der Waals surface area contributed by atoms with Gasteiger partial charge in [0.05, 0.1) is 22.3 Å². The van der Waals surface area contributed by atoms with Crippen LogP contribution in [-0.2, 0) is 37.3 Å². The van der Waals surface area contributed by atoms with E-state index in [0.29, 0.717) is 17.0 Å². The van der Waals surface area contributed by atoms with Crippen molar-refractivity contribution in [3.8, 4) is 67.5 Å². The molecule has 0 bridgehead atoms. The summed E-state index contributed by atoms with van der Waals surface area (Å²) >= 11 is 0. The number of aromatic hydroxyl groups is 1. The third-order valence-electron chi connectivity index (χ3n) is 11.2. The minimum Gasteiger partial charge on any atom is -0.507 e. The van der Waals surface area contributed by atoms with Crippen LogP contribution in [0.25, 0.3) is 72.7 Å². The van der Waals surface area contributed by atoms with Crippen molar-refractivity contribution in [1.82, 2.24) is 14.5 Å². The number of hydrogen-bond acceptors (Lipinski definition) is 3. The molecule has 0 aliphatic heterocycles. The summed E-state index contributed by atoms with van der Waals surface area (Å²) in [5, 5.41) is 12.4. The number of pyridine rings is 1. The monoisotopic (exact) mass is 970 g/mol. The average molecular weight is 971 g/mol. The largest absolute Gasteiger partial charge is 0.507 e. The summed E-state index contributed by atoms with van der Waals surface area (Å²) in [5.41, 5.74) is 13.3. The summed E-state index contributed by atoms with van der Waals surface area (Å²) in [7, 11) is 0. The third-order valence-corrected chi connectivity index (χ3v) is 11.2. The molecule has 0 aliphatic rings. The molecule has 4 nitrogen and oxygen atoms in total. The van der Waals surface area contributed by atoms with Gasteiger partial charge in [0.2, 0.25) is 0 Å². The second kappa shape index (κ2) is 16.1. The number of benzene rings is 6. The van der Waals surface area contributed by atoms with Gasteiger partial charge in [0.1, 0.15) is 11.6 Å². The van der Waals surface area contributed by atoms with Gasteiger partial charge in [-0.05, 0) is 69.6 Å². The van der Waals surface area contributed by atoms with E-state index in [1.54, 1.807) is 18.3 Å². The fraction of sp³-hybridized carbons (Fsp3) is 0.236. The molecule has 8 aromatic rings. The minimum atomic E-state index is -2.17. The quantitative estimate of drug-likeness (QED) is 0.169. The molecule has 0 spiro atoms. The summed E-state index contributed by atoms with van der Waals surface area (Å²) < 4.78 is 25.7. The zero-order valence-corrected chi connectivity index (χ0v) is 38.2. The summed E-state index contributed by atoms with van der Waals surface area (Å²) in [6.07, 6.45) is 1.79. The van der Waals surface area contributed by atoms with Gasteiger partial charge in [-0.3, -0.25) is 9.55 Å². The predicted octanol–water partition coefficient (Wildman–Crippen LogP) is 14.5. The fourth-order valence-corrected chi connectivity index (χ4v) is 7.79. The maximum Gasteiger partial charge on any atom is 0.148 e. The van der Waals surface area contributed by atoms with Gasteiger partial charge in [0.25, 0.3) is 0 Å². The van der Waals surface area contributed by atoms with Gasteiger partial charge in [0, 0.05) is 48.2 Å². The Morgan fingerprint density at radius 2 is 1.23 bits per heavy atom. The average Bonchev–Trinajstić information content (AvgIpc) is 3.62. The van der Waals surface area contributed by atoms with Gasteiger partial charge in [-0.1, -0.05) is 176 Å². The van der Waals surface area contributed by atoms with Gasteiger partial charge in [-0.25, -0.2) is 4.98 Å². The zero-order chi connectivity index (χ0) is 44.4. The van der Waals surface area contributed by atoms with Crippen LogP contribution in [0.5, 0.6) is 5.75 Å². The molecule has 2 heterocycles. The Bertz CT molecular complexity index is 2950. The number of imidazole rings is 1. The minimum absolute atomic E-state index is 0.